The topological polar surface area (TPSA) is 46.3 Å². The summed E-state index contributed by atoms with van der Waals surface area (Å²) >= 11 is 8.34. The van der Waals surface area contributed by atoms with Crippen molar-refractivity contribution in [2.24, 2.45) is 5.73 Å². The zero-order chi connectivity index (χ0) is 11.7. The number of benzene rings is 1. The van der Waals surface area contributed by atoms with Crippen molar-refractivity contribution in [1.29, 1.82) is 0 Å². The minimum Gasteiger partial charge on any atom is -0.389 e. The molecular weight excluding hydrogens is 288 g/mol. The lowest BCUT2D eigenvalue weighted by Crippen LogP contribution is -2.24. The van der Waals surface area contributed by atoms with Gasteiger partial charge in [-0.2, -0.15) is 0 Å². The molecule has 84 valence electrons. The summed E-state index contributed by atoms with van der Waals surface area (Å²) in [6.07, 6.45) is 1.55. The largest absolute Gasteiger partial charge is 0.389 e. The zero-order valence-corrected chi connectivity index (χ0v) is 11.0. The van der Waals surface area contributed by atoms with Crippen molar-refractivity contribution in [2.45, 2.75) is 12.8 Å². The van der Waals surface area contributed by atoms with Gasteiger partial charge < -0.3 is 10.6 Å². The van der Waals surface area contributed by atoms with E-state index in [0.29, 0.717) is 11.4 Å². The summed E-state index contributed by atoms with van der Waals surface area (Å²) in [6, 6.07) is 5.57. The third kappa shape index (κ3) is 2.10. The SMILES string of the molecule is NC(=S)c1ccc(N2CCCC2=O)c(Br)c1. The van der Waals surface area contributed by atoms with E-state index in [4.69, 9.17) is 18.0 Å². The third-order valence-electron chi connectivity index (χ3n) is 2.60. The smallest absolute Gasteiger partial charge is 0.227 e. The number of anilines is 1. The molecule has 0 radical (unpaired) electrons. The van der Waals surface area contributed by atoms with Crippen LogP contribution in [-0.4, -0.2) is 17.4 Å². The second-order valence-corrected chi connectivity index (χ2v) is 4.97. The Bertz CT molecular complexity index is 461. The van der Waals surface area contributed by atoms with Gasteiger partial charge in [0, 0.05) is 23.0 Å². The number of carbonyl (C=O) groups excluding carboxylic acids is 1. The molecule has 1 aliphatic heterocycles. The van der Waals surface area contributed by atoms with E-state index in [1.54, 1.807) is 4.90 Å². The number of halogens is 1. The normalized spacial score (nSPS) is 15.6. The highest BCUT2D eigenvalue weighted by Gasteiger charge is 2.23. The molecule has 0 aromatic heterocycles. The summed E-state index contributed by atoms with van der Waals surface area (Å²) in [6.45, 7) is 0.782. The molecule has 1 aromatic rings. The van der Waals surface area contributed by atoms with Crippen LogP contribution in [0.5, 0.6) is 0 Å². The first-order chi connectivity index (χ1) is 7.59. The van der Waals surface area contributed by atoms with E-state index < -0.39 is 0 Å². The molecule has 1 saturated heterocycles. The van der Waals surface area contributed by atoms with Crippen molar-refractivity contribution >= 4 is 44.7 Å². The van der Waals surface area contributed by atoms with E-state index in [9.17, 15) is 4.79 Å². The fourth-order valence-electron chi connectivity index (χ4n) is 1.78. The van der Waals surface area contributed by atoms with Crippen LogP contribution in [-0.2, 0) is 4.79 Å². The Kier molecular flexibility index (Phi) is 3.25. The van der Waals surface area contributed by atoms with Gasteiger partial charge in [0.2, 0.25) is 5.91 Å². The van der Waals surface area contributed by atoms with E-state index in [-0.39, 0.29) is 5.91 Å². The first-order valence-electron chi connectivity index (χ1n) is 4.99. The number of rotatable bonds is 2. The first kappa shape index (κ1) is 11.5. The van der Waals surface area contributed by atoms with Crippen LogP contribution in [0.1, 0.15) is 18.4 Å². The van der Waals surface area contributed by atoms with Crippen molar-refractivity contribution in [3.8, 4) is 0 Å². The van der Waals surface area contributed by atoms with Crippen molar-refractivity contribution in [2.75, 3.05) is 11.4 Å². The summed E-state index contributed by atoms with van der Waals surface area (Å²) in [5.74, 6) is 0.170. The Balaban J connectivity index is 2.36. The molecule has 0 aliphatic carbocycles. The van der Waals surface area contributed by atoms with E-state index in [1.165, 1.54) is 0 Å². The van der Waals surface area contributed by atoms with E-state index in [2.05, 4.69) is 15.9 Å². The van der Waals surface area contributed by atoms with Gasteiger partial charge in [-0.3, -0.25) is 4.79 Å². The van der Waals surface area contributed by atoms with Gasteiger partial charge in [-0.15, -0.1) is 0 Å². The van der Waals surface area contributed by atoms with Crippen LogP contribution in [0.2, 0.25) is 0 Å². The average molecular weight is 299 g/mol. The predicted molar refractivity (Wildman–Crippen MR) is 71.6 cm³/mol. The number of hydrogen-bond acceptors (Lipinski definition) is 2. The minimum atomic E-state index is 0.170. The highest BCUT2D eigenvalue weighted by atomic mass is 79.9. The maximum atomic E-state index is 11.6. The van der Waals surface area contributed by atoms with Crippen LogP contribution in [0.25, 0.3) is 0 Å². The van der Waals surface area contributed by atoms with Gasteiger partial charge in [0.15, 0.2) is 0 Å². The van der Waals surface area contributed by atoms with Crippen molar-refractivity contribution in [1.82, 2.24) is 0 Å². The molecule has 1 aromatic carbocycles. The quantitative estimate of drug-likeness (QED) is 0.852. The zero-order valence-electron chi connectivity index (χ0n) is 8.57. The Labute approximate surface area is 108 Å². The molecule has 2 N–H and O–H groups in total. The standard InChI is InChI=1S/C11H11BrN2OS/c12-8-6-7(11(13)16)3-4-9(8)14-5-1-2-10(14)15/h3-4,6H,1-2,5H2,(H2,13,16). The van der Waals surface area contributed by atoms with Gasteiger partial charge in [0.25, 0.3) is 0 Å². The van der Waals surface area contributed by atoms with E-state index >= 15 is 0 Å². The van der Waals surface area contributed by atoms with Crippen LogP contribution >= 0.6 is 28.1 Å². The Morgan fingerprint density at radius 2 is 2.25 bits per heavy atom. The van der Waals surface area contributed by atoms with Crippen molar-refractivity contribution < 1.29 is 4.79 Å². The maximum absolute atomic E-state index is 11.6. The molecule has 0 spiro atoms. The predicted octanol–water partition coefficient (Wildman–Crippen LogP) is 2.21. The summed E-state index contributed by atoms with van der Waals surface area (Å²) in [4.78, 5) is 13.7. The van der Waals surface area contributed by atoms with Gasteiger partial charge >= 0.3 is 0 Å². The lowest BCUT2D eigenvalue weighted by atomic mass is 10.2. The maximum Gasteiger partial charge on any atom is 0.227 e. The molecule has 3 nitrogen and oxygen atoms in total. The van der Waals surface area contributed by atoms with Crippen LogP contribution in [0.3, 0.4) is 0 Å². The van der Waals surface area contributed by atoms with Crippen molar-refractivity contribution in [3.63, 3.8) is 0 Å². The van der Waals surface area contributed by atoms with Crippen molar-refractivity contribution in [3.05, 3.63) is 28.2 Å². The van der Waals surface area contributed by atoms with E-state index in [0.717, 1.165) is 28.7 Å². The molecule has 1 aliphatic rings. The second kappa shape index (κ2) is 4.51. The fourth-order valence-corrected chi connectivity index (χ4v) is 2.50. The summed E-state index contributed by atoms with van der Waals surface area (Å²) in [5.41, 5.74) is 7.24. The monoisotopic (exact) mass is 298 g/mol. The molecule has 1 fully saturated rings. The molecular formula is C11H11BrN2OS. The molecule has 0 unspecified atom stereocenters. The van der Waals surface area contributed by atoms with Crippen LogP contribution in [0.4, 0.5) is 5.69 Å². The summed E-state index contributed by atoms with van der Waals surface area (Å²) in [5, 5.41) is 0. The number of nitrogens with zero attached hydrogens (tertiary/aromatic N) is 1. The second-order valence-electron chi connectivity index (χ2n) is 3.68. The number of amides is 1. The lowest BCUT2D eigenvalue weighted by Gasteiger charge is -2.17. The lowest BCUT2D eigenvalue weighted by molar-refractivity contribution is -0.117. The van der Waals surface area contributed by atoms with Gasteiger partial charge in [-0.05, 0) is 40.5 Å². The number of thiocarbonyl (C=S) groups is 1. The molecule has 0 saturated carbocycles. The Hall–Kier alpha value is -0.940. The van der Waals surface area contributed by atoms with Crippen LogP contribution < -0.4 is 10.6 Å². The highest BCUT2D eigenvalue weighted by Crippen LogP contribution is 2.30. The number of carbonyl (C=O) groups is 1. The highest BCUT2D eigenvalue weighted by molar-refractivity contribution is 9.10. The Morgan fingerprint density at radius 1 is 1.50 bits per heavy atom. The fraction of sp³-hybridized carbons (Fsp3) is 0.273. The summed E-state index contributed by atoms with van der Waals surface area (Å²) < 4.78 is 0.855. The Morgan fingerprint density at radius 3 is 2.75 bits per heavy atom. The average Bonchev–Trinajstić information content (AvgIpc) is 2.64. The molecule has 1 amide bonds. The van der Waals surface area contributed by atoms with Gasteiger partial charge in [0.05, 0.1) is 5.69 Å². The number of nitrogens with two attached hydrogens (primary N) is 1. The molecule has 5 heteroatoms. The third-order valence-corrected chi connectivity index (χ3v) is 3.47. The molecule has 0 atom stereocenters. The number of hydrogen-bond donors (Lipinski definition) is 1. The van der Waals surface area contributed by atoms with Crippen LogP contribution in [0, 0.1) is 0 Å². The summed E-state index contributed by atoms with van der Waals surface area (Å²) in [7, 11) is 0. The van der Waals surface area contributed by atoms with Crippen LogP contribution in [0.15, 0.2) is 22.7 Å². The molecule has 1 heterocycles. The van der Waals surface area contributed by atoms with Gasteiger partial charge in [0.1, 0.15) is 4.99 Å². The molecule has 2 rings (SSSR count). The van der Waals surface area contributed by atoms with E-state index in [1.807, 2.05) is 18.2 Å². The van der Waals surface area contributed by atoms with Gasteiger partial charge in [-0.25, -0.2) is 0 Å². The molecule has 16 heavy (non-hydrogen) atoms. The van der Waals surface area contributed by atoms with Gasteiger partial charge in [-0.1, -0.05) is 12.2 Å². The first-order valence-corrected chi connectivity index (χ1v) is 6.19. The molecule has 0 bridgehead atoms. The minimum absolute atomic E-state index is 0.170.